The Kier molecular flexibility index (Phi) is 3.02. The summed E-state index contributed by atoms with van der Waals surface area (Å²) >= 11 is 0. The fourth-order valence-electron chi connectivity index (χ4n) is 1.57. The van der Waals surface area contributed by atoms with Crippen molar-refractivity contribution in [3.8, 4) is 0 Å². The van der Waals surface area contributed by atoms with Crippen LogP contribution in [0.5, 0.6) is 0 Å². The van der Waals surface area contributed by atoms with Gasteiger partial charge >= 0.3 is 0 Å². The first kappa shape index (κ1) is 10.2. The maximum absolute atomic E-state index is 2.22. The van der Waals surface area contributed by atoms with Crippen LogP contribution in [-0.4, -0.2) is 9.52 Å². The van der Waals surface area contributed by atoms with E-state index in [1.165, 1.54) is 21.5 Å². The third kappa shape index (κ3) is 2.36. The molecule has 0 aliphatic heterocycles. The first-order chi connectivity index (χ1) is 7.27. The second-order valence-corrected chi connectivity index (χ2v) is 5.08. The molecule has 15 heavy (non-hydrogen) atoms. The molecule has 0 N–H and O–H groups in total. The fourth-order valence-corrected chi connectivity index (χ4v) is 2.78. The molecule has 2 aromatic carbocycles. The quantitative estimate of drug-likeness (QED) is 0.665. The van der Waals surface area contributed by atoms with Gasteiger partial charge in [0.05, 0.1) is 0 Å². The molecule has 0 unspecified atom stereocenters. The molecule has 0 aromatic heterocycles. The van der Waals surface area contributed by atoms with Crippen molar-refractivity contribution in [1.82, 2.24) is 0 Å². The highest BCUT2D eigenvalue weighted by Crippen LogP contribution is 1.95. The van der Waals surface area contributed by atoms with Gasteiger partial charge in [0.15, 0.2) is 0 Å². The number of aryl methyl sites for hydroxylation is 2. The minimum Gasteiger partial charge on any atom is -0.0628 e. The lowest BCUT2D eigenvalue weighted by Gasteiger charge is -2.06. The zero-order valence-electron chi connectivity index (χ0n) is 9.12. The van der Waals surface area contributed by atoms with E-state index in [0.717, 1.165) is 9.52 Å². The van der Waals surface area contributed by atoms with E-state index in [1.54, 1.807) is 0 Å². The van der Waals surface area contributed by atoms with Crippen LogP contribution in [0.15, 0.2) is 48.5 Å². The van der Waals surface area contributed by atoms with Crippen LogP contribution in [0.25, 0.3) is 0 Å². The van der Waals surface area contributed by atoms with Gasteiger partial charge < -0.3 is 0 Å². The zero-order valence-corrected chi connectivity index (χ0v) is 10.1. The minimum atomic E-state index is 0.774. The average molecular weight is 210 g/mol. The Morgan fingerprint density at radius 2 is 1.07 bits per heavy atom. The molecule has 0 aliphatic carbocycles. The normalized spacial score (nSPS) is 10.3. The first-order valence-electron chi connectivity index (χ1n) is 5.15. The summed E-state index contributed by atoms with van der Waals surface area (Å²) in [6.07, 6.45) is 0. The van der Waals surface area contributed by atoms with Crippen molar-refractivity contribution >= 4 is 19.9 Å². The van der Waals surface area contributed by atoms with Crippen molar-refractivity contribution in [2.75, 3.05) is 0 Å². The highest BCUT2D eigenvalue weighted by atomic mass is 28.2. The number of rotatable bonds is 2. The van der Waals surface area contributed by atoms with Gasteiger partial charge in [0.25, 0.3) is 0 Å². The molecule has 1 heteroatoms. The van der Waals surface area contributed by atoms with Crippen molar-refractivity contribution in [2.45, 2.75) is 13.8 Å². The summed E-state index contributed by atoms with van der Waals surface area (Å²) in [5, 5.41) is 2.90. The SMILES string of the molecule is Cc1ccccc1[Si]c1ccccc1C. The minimum absolute atomic E-state index is 0.774. The maximum Gasteiger partial charge on any atom is 0.122 e. The second-order valence-electron chi connectivity index (χ2n) is 3.75. The smallest absolute Gasteiger partial charge is 0.0628 e. The molecule has 0 fully saturated rings. The van der Waals surface area contributed by atoms with Gasteiger partial charge in [-0.1, -0.05) is 70.0 Å². The third-order valence-electron chi connectivity index (χ3n) is 2.56. The molecule has 0 spiro atoms. The summed E-state index contributed by atoms with van der Waals surface area (Å²) in [7, 11) is 0.774. The summed E-state index contributed by atoms with van der Waals surface area (Å²) < 4.78 is 0. The molecule has 2 aromatic rings. The molecule has 0 saturated carbocycles. The van der Waals surface area contributed by atoms with Crippen LogP contribution in [0.3, 0.4) is 0 Å². The Hall–Kier alpha value is -1.34. The van der Waals surface area contributed by atoms with E-state index in [4.69, 9.17) is 0 Å². The fraction of sp³-hybridized carbons (Fsp3) is 0.143. The molecule has 2 radical (unpaired) electrons. The monoisotopic (exact) mass is 210 g/mol. The Labute approximate surface area is 93.8 Å². The molecule has 0 nitrogen and oxygen atoms in total. The van der Waals surface area contributed by atoms with Gasteiger partial charge in [-0.3, -0.25) is 0 Å². The van der Waals surface area contributed by atoms with Crippen LogP contribution >= 0.6 is 0 Å². The van der Waals surface area contributed by atoms with Crippen molar-refractivity contribution in [3.05, 3.63) is 59.7 Å². The van der Waals surface area contributed by atoms with Crippen LogP contribution in [0.4, 0.5) is 0 Å². The maximum atomic E-state index is 2.22. The van der Waals surface area contributed by atoms with Crippen LogP contribution in [-0.2, 0) is 0 Å². The summed E-state index contributed by atoms with van der Waals surface area (Å²) in [5.41, 5.74) is 2.78. The van der Waals surface area contributed by atoms with E-state index in [-0.39, 0.29) is 0 Å². The van der Waals surface area contributed by atoms with Crippen molar-refractivity contribution < 1.29 is 0 Å². The van der Waals surface area contributed by atoms with Crippen molar-refractivity contribution in [1.29, 1.82) is 0 Å². The largest absolute Gasteiger partial charge is 0.122 e. The second kappa shape index (κ2) is 4.45. The van der Waals surface area contributed by atoms with E-state index >= 15 is 0 Å². The summed E-state index contributed by atoms with van der Waals surface area (Å²) in [5.74, 6) is 0. The van der Waals surface area contributed by atoms with E-state index < -0.39 is 0 Å². The van der Waals surface area contributed by atoms with Gasteiger partial charge in [0.1, 0.15) is 9.52 Å². The van der Waals surface area contributed by atoms with Crippen LogP contribution in [0.1, 0.15) is 11.1 Å². The predicted octanol–water partition coefficient (Wildman–Crippen LogP) is 1.96. The number of benzene rings is 2. The highest BCUT2D eigenvalue weighted by Gasteiger charge is 2.02. The molecule has 0 saturated heterocycles. The van der Waals surface area contributed by atoms with Crippen LogP contribution < -0.4 is 10.4 Å². The number of hydrogen-bond acceptors (Lipinski definition) is 0. The standard InChI is InChI=1S/C14H14Si/c1-11-7-3-5-9-13(11)15-14-10-6-4-8-12(14)2/h3-10H,1-2H3. The molecule has 74 valence electrons. The van der Waals surface area contributed by atoms with E-state index in [1.807, 2.05) is 0 Å². The van der Waals surface area contributed by atoms with E-state index in [2.05, 4.69) is 62.4 Å². The summed E-state index contributed by atoms with van der Waals surface area (Å²) in [6, 6.07) is 17.2. The van der Waals surface area contributed by atoms with Gasteiger partial charge in [-0.15, -0.1) is 0 Å². The Balaban J connectivity index is 2.30. The molecule has 0 amide bonds. The van der Waals surface area contributed by atoms with Gasteiger partial charge in [-0.25, -0.2) is 0 Å². The summed E-state index contributed by atoms with van der Waals surface area (Å²) in [6.45, 7) is 4.36. The zero-order chi connectivity index (χ0) is 10.7. The van der Waals surface area contributed by atoms with Gasteiger partial charge in [-0.2, -0.15) is 0 Å². The predicted molar refractivity (Wildman–Crippen MR) is 67.4 cm³/mol. The summed E-state index contributed by atoms with van der Waals surface area (Å²) in [4.78, 5) is 0. The van der Waals surface area contributed by atoms with E-state index in [9.17, 15) is 0 Å². The Bertz CT molecular complexity index is 417. The van der Waals surface area contributed by atoms with Crippen molar-refractivity contribution in [2.24, 2.45) is 0 Å². The Morgan fingerprint density at radius 3 is 1.47 bits per heavy atom. The topological polar surface area (TPSA) is 0 Å². The Morgan fingerprint density at radius 1 is 0.667 bits per heavy atom. The molecular formula is C14H14Si. The lowest BCUT2D eigenvalue weighted by atomic mass is 10.2. The van der Waals surface area contributed by atoms with Crippen molar-refractivity contribution in [3.63, 3.8) is 0 Å². The lowest BCUT2D eigenvalue weighted by molar-refractivity contribution is 1.50. The van der Waals surface area contributed by atoms with Crippen LogP contribution in [0.2, 0.25) is 0 Å². The third-order valence-corrected chi connectivity index (χ3v) is 4.22. The lowest BCUT2D eigenvalue weighted by Crippen LogP contribution is -2.30. The molecule has 0 bridgehead atoms. The number of hydrogen-bond donors (Lipinski definition) is 0. The molecule has 0 atom stereocenters. The molecule has 0 aliphatic rings. The first-order valence-corrected chi connectivity index (χ1v) is 6.15. The van der Waals surface area contributed by atoms with Crippen LogP contribution in [0, 0.1) is 13.8 Å². The molecular weight excluding hydrogens is 196 g/mol. The van der Waals surface area contributed by atoms with E-state index in [0.29, 0.717) is 0 Å². The molecule has 0 heterocycles. The van der Waals surface area contributed by atoms with Gasteiger partial charge in [0.2, 0.25) is 0 Å². The average Bonchev–Trinajstić information content (AvgIpc) is 2.24. The molecule has 2 rings (SSSR count). The highest BCUT2D eigenvalue weighted by molar-refractivity contribution is 6.68. The van der Waals surface area contributed by atoms with Gasteiger partial charge in [0, 0.05) is 0 Å². The van der Waals surface area contributed by atoms with Gasteiger partial charge in [-0.05, 0) is 13.8 Å².